The molecule has 2 atom stereocenters. The Morgan fingerprint density at radius 2 is 2.20 bits per heavy atom. The van der Waals surface area contributed by atoms with Crippen molar-refractivity contribution in [1.82, 2.24) is 10.2 Å². The second-order valence-electron chi connectivity index (χ2n) is 5.98. The third kappa shape index (κ3) is 3.30. The number of hydrogen-bond donors (Lipinski definition) is 1. The molecule has 0 amide bonds. The van der Waals surface area contributed by atoms with Gasteiger partial charge in [0.15, 0.2) is 11.6 Å². The van der Waals surface area contributed by atoms with Crippen LogP contribution in [0.1, 0.15) is 26.3 Å². The fourth-order valence-electron chi connectivity index (χ4n) is 2.90. The third-order valence-electron chi connectivity index (χ3n) is 4.06. The molecule has 0 aliphatic carbocycles. The first-order valence-corrected chi connectivity index (χ1v) is 7.31. The fourth-order valence-corrected chi connectivity index (χ4v) is 2.90. The summed E-state index contributed by atoms with van der Waals surface area (Å²) in [6.07, 6.45) is 0. The monoisotopic (exact) mass is 280 g/mol. The highest BCUT2D eigenvalue weighted by Gasteiger charge is 2.28. The van der Waals surface area contributed by atoms with E-state index in [1.807, 2.05) is 12.1 Å². The highest BCUT2D eigenvalue weighted by Crippen LogP contribution is 2.24. The van der Waals surface area contributed by atoms with E-state index in [4.69, 9.17) is 4.74 Å². The van der Waals surface area contributed by atoms with Gasteiger partial charge in [-0.05, 0) is 18.9 Å². The van der Waals surface area contributed by atoms with Crippen molar-refractivity contribution in [3.63, 3.8) is 0 Å². The van der Waals surface area contributed by atoms with Gasteiger partial charge in [-0.15, -0.1) is 0 Å². The average molecular weight is 280 g/mol. The van der Waals surface area contributed by atoms with Crippen molar-refractivity contribution in [3.05, 3.63) is 29.6 Å². The topological polar surface area (TPSA) is 24.5 Å². The van der Waals surface area contributed by atoms with Gasteiger partial charge >= 0.3 is 0 Å². The van der Waals surface area contributed by atoms with Crippen molar-refractivity contribution < 1.29 is 9.13 Å². The van der Waals surface area contributed by atoms with E-state index in [0.29, 0.717) is 35.9 Å². The number of ether oxygens (including phenoxy) is 1. The Hall–Kier alpha value is -1.13. The van der Waals surface area contributed by atoms with E-state index >= 15 is 0 Å². The summed E-state index contributed by atoms with van der Waals surface area (Å²) >= 11 is 0. The minimum atomic E-state index is -0.233. The van der Waals surface area contributed by atoms with E-state index in [1.54, 1.807) is 6.07 Å². The molecule has 1 aromatic carbocycles. The maximum absolute atomic E-state index is 14.3. The lowest BCUT2D eigenvalue weighted by Crippen LogP contribution is -2.56. The highest BCUT2D eigenvalue weighted by atomic mass is 19.1. The normalized spacial score (nSPS) is 24.1. The van der Waals surface area contributed by atoms with Gasteiger partial charge in [0, 0.05) is 37.3 Å². The zero-order chi connectivity index (χ0) is 14.7. The summed E-state index contributed by atoms with van der Waals surface area (Å²) in [5.41, 5.74) is 0.712. The zero-order valence-corrected chi connectivity index (χ0v) is 12.8. The largest absolute Gasteiger partial charge is 0.494 e. The number of piperazine rings is 1. The number of nitrogens with one attached hydrogen (secondary N) is 1. The molecular weight excluding hydrogens is 255 g/mol. The van der Waals surface area contributed by atoms with Gasteiger partial charge in [0.2, 0.25) is 0 Å². The molecule has 0 spiro atoms. The molecule has 112 valence electrons. The second-order valence-corrected chi connectivity index (χ2v) is 5.98. The number of halogens is 1. The van der Waals surface area contributed by atoms with Crippen molar-refractivity contribution in [3.8, 4) is 5.75 Å². The van der Waals surface area contributed by atoms with E-state index in [2.05, 4.69) is 31.0 Å². The lowest BCUT2D eigenvalue weighted by molar-refractivity contribution is 0.0942. The third-order valence-corrected chi connectivity index (χ3v) is 4.06. The molecule has 0 radical (unpaired) electrons. The van der Waals surface area contributed by atoms with Crippen LogP contribution in [0.25, 0.3) is 0 Å². The molecule has 2 unspecified atom stereocenters. The van der Waals surface area contributed by atoms with E-state index in [1.165, 1.54) is 7.11 Å². The van der Waals surface area contributed by atoms with Gasteiger partial charge in [-0.25, -0.2) is 4.39 Å². The van der Waals surface area contributed by atoms with Gasteiger partial charge in [0.25, 0.3) is 0 Å². The average Bonchev–Trinajstić information content (AvgIpc) is 2.41. The van der Waals surface area contributed by atoms with Crippen LogP contribution in [0.2, 0.25) is 0 Å². The molecule has 0 aromatic heterocycles. The summed E-state index contributed by atoms with van der Waals surface area (Å²) in [6.45, 7) is 9.15. The van der Waals surface area contributed by atoms with Crippen LogP contribution in [0.4, 0.5) is 4.39 Å². The summed E-state index contributed by atoms with van der Waals surface area (Å²) < 4.78 is 19.4. The summed E-state index contributed by atoms with van der Waals surface area (Å²) in [4.78, 5) is 2.38. The molecule has 4 heteroatoms. The maximum Gasteiger partial charge on any atom is 0.169 e. The Bertz CT molecular complexity index is 450. The van der Waals surface area contributed by atoms with E-state index in [9.17, 15) is 4.39 Å². The van der Waals surface area contributed by atoms with Gasteiger partial charge < -0.3 is 10.1 Å². The molecule has 2 rings (SSSR count). The molecule has 20 heavy (non-hydrogen) atoms. The molecule has 1 N–H and O–H groups in total. The van der Waals surface area contributed by atoms with Crippen molar-refractivity contribution in [2.45, 2.75) is 39.4 Å². The van der Waals surface area contributed by atoms with Crippen LogP contribution >= 0.6 is 0 Å². The SMILES string of the molecule is COc1cccc(CN2CC(C)NCC2C(C)C)c1F. The first-order chi connectivity index (χ1) is 9.52. The predicted octanol–water partition coefficient (Wildman–Crippen LogP) is 2.65. The first kappa shape index (κ1) is 15.3. The van der Waals surface area contributed by atoms with E-state index in [0.717, 1.165) is 13.1 Å². The standard InChI is InChI=1S/C16H25FN2O/c1-11(2)14-8-18-12(3)9-19(14)10-13-6-5-7-15(20-4)16(13)17/h5-7,11-12,14,18H,8-10H2,1-4H3. The quantitative estimate of drug-likeness (QED) is 0.917. The van der Waals surface area contributed by atoms with Crippen molar-refractivity contribution in [2.24, 2.45) is 5.92 Å². The van der Waals surface area contributed by atoms with Crippen molar-refractivity contribution in [2.75, 3.05) is 20.2 Å². The Labute approximate surface area is 121 Å². The number of nitrogens with zero attached hydrogens (tertiary/aromatic N) is 1. The Balaban J connectivity index is 2.18. The van der Waals surface area contributed by atoms with Crippen LogP contribution in [0.15, 0.2) is 18.2 Å². The van der Waals surface area contributed by atoms with Gasteiger partial charge in [-0.2, -0.15) is 0 Å². The van der Waals surface area contributed by atoms with E-state index < -0.39 is 0 Å². The van der Waals surface area contributed by atoms with Gasteiger partial charge in [-0.3, -0.25) is 4.90 Å². The Morgan fingerprint density at radius 1 is 1.45 bits per heavy atom. The number of benzene rings is 1. The summed E-state index contributed by atoms with van der Waals surface area (Å²) in [7, 11) is 1.51. The number of hydrogen-bond acceptors (Lipinski definition) is 3. The molecule has 1 heterocycles. The van der Waals surface area contributed by atoms with Crippen LogP contribution in [-0.4, -0.2) is 37.2 Å². The minimum absolute atomic E-state index is 0.233. The summed E-state index contributed by atoms with van der Waals surface area (Å²) in [6, 6.07) is 6.25. The molecular formula is C16H25FN2O. The number of rotatable bonds is 4. The van der Waals surface area contributed by atoms with Crippen molar-refractivity contribution in [1.29, 1.82) is 0 Å². The maximum atomic E-state index is 14.3. The fraction of sp³-hybridized carbons (Fsp3) is 0.625. The molecule has 1 saturated heterocycles. The van der Waals surface area contributed by atoms with Gasteiger partial charge in [0.1, 0.15) is 0 Å². The molecule has 1 aliphatic heterocycles. The Morgan fingerprint density at radius 3 is 2.85 bits per heavy atom. The van der Waals surface area contributed by atoms with Gasteiger partial charge in [0.05, 0.1) is 7.11 Å². The smallest absolute Gasteiger partial charge is 0.169 e. The minimum Gasteiger partial charge on any atom is -0.494 e. The summed E-state index contributed by atoms with van der Waals surface area (Å²) in [5, 5.41) is 3.51. The lowest BCUT2D eigenvalue weighted by atomic mass is 9.98. The summed E-state index contributed by atoms with van der Waals surface area (Å²) in [5.74, 6) is 0.638. The van der Waals surface area contributed by atoms with Crippen LogP contribution < -0.4 is 10.1 Å². The molecule has 1 aliphatic rings. The molecule has 0 bridgehead atoms. The van der Waals surface area contributed by atoms with Gasteiger partial charge in [-0.1, -0.05) is 26.0 Å². The van der Waals surface area contributed by atoms with E-state index in [-0.39, 0.29) is 5.82 Å². The zero-order valence-electron chi connectivity index (χ0n) is 12.8. The second kappa shape index (κ2) is 6.55. The molecule has 0 saturated carbocycles. The van der Waals surface area contributed by atoms with Crippen LogP contribution in [0.3, 0.4) is 0 Å². The van der Waals surface area contributed by atoms with Crippen LogP contribution in [0, 0.1) is 11.7 Å². The molecule has 3 nitrogen and oxygen atoms in total. The van der Waals surface area contributed by atoms with Crippen LogP contribution in [-0.2, 0) is 6.54 Å². The van der Waals surface area contributed by atoms with Crippen LogP contribution in [0.5, 0.6) is 5.75 Å². The molecule has 1 aromatic rings. The van der Waals surface area contributed by atoms with Crippen molar-refractivity contribution >= 4 is 0 Å². The first-order valence-electron chi connectivity index (χ1n) is 7.31. The Kier molecular flexibility index (Phi) is 5.00. The highest BCUT2D eigenvalue weighted by molar-refractivity contribution is 5.31. The number of methoxy groups -OCH3 is 1. The molecule has 1 fully saturated rings. The lowest BCUT2D eigenvalue weighted by Gasteiger charge is -2.41. The predicted molar refractivity (Wildman–Crippen MR) is 79.5 cm³/mol.